The Kier molecular flexibility index (Phi) is 5.72. The highest BCUT2D eigenvalue weighted by atomic mass is 32.2. The number of hydrogen-bond acceptors (Lipinski definition) is 3. The Labute approximate surface area is 191 Å². The summed E-state index contributed by atoms with van der Waals surface area (Å²) in [4.78, 5) is 14.4. The number of rotatable bonds is 3. The zero-order valence-corrected chi connectivity index (χ0v) is 18.5. The lowest BCUT2D eigenvalue weighted by molar-refractivity contribution is -0.137. The smallest absolute Gasteiger partial charge is 0.318 e. The van der Waals surface area contributed by atoms with Crippen molar-refractivity contribution in [3.8, 4) is 5.69 Å². The highest BCUT2D eigenvalue weighted by Gasteiger charge is 2.35. The monoisotopic (exact) mass is 476 g/mol. The van der Waals surface area contributed by atoms with E-state index in [9.17, 15) is 22.4 Å². The van der Waals surface area contributed by atoms with Crippen LogP contribution in [0.15, 0.2) is 59.5 Å². The normalized spacial score (nSPS) is 15.8. The Morgan fingerprint density at radius 3 is 2.44 bits per heavy atom. The van der Waals surface area contributed by atoms with Crippen LogP contribution in [0, 0.1) is 19.7 Å². The first-order valence-corrected chi connectivity index (χ1v) is 10.7. The lowest BCUT2D eigenvalue weighted by Gasteiger charge is -2.14. The minimum Gasteiger partial charge on any atom is -0.318 e. The Morgan fingerprint density at radius 1 is 1.03 bits per heavy atom. The van der Waals surface area contributed by atoms with E-state index in [1.54, 1.807) is 42.7 Å². The number of anilines is 1. The number of para-hydroxylation sites is 1. The molecule has 0 unspecified atom stereocenters. The van der Waals surface area contributed by atoms with Crippen molar-refractivity contribution in [2.75, 3.05) is 4.90 Å². The number of alkyl halides is 3. The van der Waals surface area contributed by atoms with E-state index in [-0.39, 0.29) is 10.0 Å². The van der Waals surface area contributed by atoms with Gasteiger partial charge in [0.1, 0.15) is 5.82 Å². The first-order valence-electron chi connectivity index (χ1n) is 9.47. The van der Waals surface area contributed by atoms with Crippen LogP contribution in [0.25, 0.3) is 11.8 Å². The number of nitrogens with zero attached hydrogens (tertiary/aromatic N) is 2. The van der Waals surface area contributed by atoms with Crippen molar-refractivity contribution in [2.45, 2.75) is 20.0 Å². The summed E-state index contributed by atoms with van der Waals surface area (Å²) in [6, 6.07) is 12.7. The summed E-state index contributed by atoms with van der Waals surface area (Å²) in [7, 11) is 0. The predicted octanol–water partition coefficient (Wildman–Crippen LogP) is 6.66. The molecule has 1 aliphatic rings. The number of aryl methyl sites for hydroxylation is 1. The third-order valence-corrected chi connectivity index (χ3v) is 6.38. The first kappa shape index (κ1) is 22.3. The maximum Gasteiger partial charge on any atom is 0.416 e. The van der Waals surface area contributed by atoms with E-state index in [2.05, 4.69) is 0 Å². The van der Waals surface area contributed by atoms with Gasteiger partial charge in [-0.05, 0) is 61.9 Å². The molecule has 0 spiro atoms. The number of aromatic nitrogens is 1. The fourth-order valence-corrected chi connectivity index (χ4v) is 4.88. The second-order valence-electron chi connectivity index (χ2n) is 7.18. The van der Waals surface area contributed by atoms with Gasteiger partial charge in [0.05, 0.1) is 16.2 Å². The summed E-state index contributed by atoms with van der Waals surface area (Å²) in [6.45, 7) is 3.53. The molecule has 0 radical (unpaired) electrons. The van der Waals surface area contributed by atoms with Gasteiger partial charge >= 0.3 is 6.18 Å². The average Bonchev–Trinajstić information content (AvgIpc) is 3.16. The molecule has 0 bridgehead atoms. The fourth-order valence-electron chi connectivity index (χ4n) is 3.60. The molecule has 0 atom stereocenters. The largest absolute Gasteiger partial charge is 0.416 e. The maximum atomic E-state index is 14.2. The SMILES string of the molecule is Cc1cc(C=C2SC(=S)N(c3ccccc3F)C2=O)c(C)n1-c1cccc(C(F)(F)F)c1. The molecule has 2 heterocycles. The zero-order valence-electron chi connectivity index (χ0n) is 16.9. The molecule has 1 fully saturated rings. The average molecular weight is 477 g/mol. The van der Waals surface area contributed by atoms with Gasteiger partial charge in [0, 0.05) is 17.1 Å². The van der Waals surface area contributed by atoms with E-state index in [0.29, 0.717) is 27.5 Å². The minimum absolute atomic E-state index is 0.0767. The van der Waals surface area contributed by atoms with E-state index in [4.69, 9.17) is 12.2 Å². The van der Waals surface area contributed by atoms with Gasteiger partial charge in [0.2, 0.25) is 0 Å². The van der Waals surface area contributed by atoms with Crippen LogP contribution in [-0.2, 0) is 11.0 Å². The zero-order chi connectivity index (χ0) is 23.2. The molecule has 2 aromatic carbocycles. The predicted molar refractivity (Wildman–Crippen MR) is 122 cm³/mol. The number of carbonyl (C=O) groups is 1. The van der Waals surface area contributed by atoms with Crippen molar-refractivity contribution in [1.29, 1.82) is 0 Å². The Balaban J connectivity index is 1.72. The number of halogens is 4. The van der Waals surface area contributed by atoms with Crippen LogP contribution in [0.3, 0.4) is 0 Å². The summed E-state index contributed by atoms with van der Waals surface area (Å²) in [5.74, 6) is -1.01. The topological polar surface area (TPSA) is 25.2 Å². The minimum atomic E-state index is -4.45. The summed E-state index contributed by atoms with van der Waals surface area (Å²) in [5, 5.41) is 0. The number of hydrogen-bond donors (Lipinski definition) is 0. The number of carbonyl (C=O) groups excluding carboxylic acids is 1. The third-order valence-electron chi connectivity index (χ3n) is 5.08. The van der Waals surface area contributed by atoms with E-state index >= 15 is 0 Å². The summed E-state index contributed by atoms with van der Waals surface area (Å²) in [6.07, 6.45) is -2.82. The molecule has 9 heteroatoms. The summed E-state index contributed by atoms with van der Waals surface area (Å²) in [5.41, 5.74) is 1.74. The molecule has 0 saturated carbocycles. The van der Waals surface area contributed by atoms with Crippen LogP contribution >= 0.6 is 24.0 Å². The molecule has 3 nitrogen and oxygen atoms in total. The molecule has 4 rings (SSSR count). The Morgan fingerprint density at radius 2 is 1.75 bits per heavy atom. The van der Waals surface area contributed by atoms with Gasteiger partial charge in [-0.25, -0.2) is 4.39 Å². The van der Waals surface area contributed by atoms with Gasteiger partial charge in [-0.15, -0.1) is 0 Å². The van der Waals surface area contributed by atoms with Crippen molar-refractivity contribution in [1.82, 2.24) is 4.57 Å². The molecule has 164 valence electrons. The second-order valence-corrected chi connectivity index (χ2v) is 8.85. The number of thiocarbonyl (C=S) groups is 1. The van der Waals surface area contributed by atoms with E-state index < -0.39 is 23.5 Å². The molecule has 1 aliphatic heterocycles. The van der Waals surface area contributed by atoms with Gasteiger partial charge in [0.15, 0.2) is 4.32 Å². The van der Waals surface area contributed by atoms with Crippen LogP contribution in [0.4, 0.5) is 23.2 Å². The van der Waals surface area contributed by atoms with Crippen LogP contribution in [0.5, 0.6) is 0 Å². The van der Waals surface area contributed by atoms with Crippen molar-refractivity contribution in [2.24, 2.45) is 0 Å². The molecule has 0 N–H and O–H groups in total. The highest BCUT2D eigenvalue weighted by Crippen LogP contribution is 2.38. The molecule has 1 amide bonds. The molecular formula is C23H16F4N2OS2. The van der Waals surface area contributed by atoms with E-state index in [1.807, 2.05) is 0 Å². The molecule has 0 aliphatic carbocycles. The van der Waals surface area contributed by atoms with Gasteiger partial charge < -0.3 is 4.57 Å². The van der Waals surface area contributed by atoms with Crippen molar-refractivity contribution in [3.05, 3.63) is 87.8 Å². The van der Waals surface area contributed by atoms with Crippen molar-refractivity contribution < 1.29 is 22.4 Å². The molecular weight excluding hydrogens is 460 g/mol. The number of benzene rings is 2. The van der Waals surface area contributed by atoms with Crippen molar-refractivity contribution >= 4 is 46.0 Å². The van der Waals surface area contributed by atoms with Crippen LogP contribution in [-0.4, -0.2) is 14.8 Å². The molecule has 3 aromatic rings. The molecule has 1 aromatic heterocycles. The van der Waals surface area contributed by atoms with Gasteiger partial charge in [-0.2, -0.15) is 13.2 Å². The highest BCUT2D eigenvalue weighted by molar-refractivity contribution is 8.27. The number of thioether (sulfide) groups is 1. The first-order chi connectivity index (χ1) is 15.1. The fraction of sp³-hybridized carbons (Fsp3) is 0.130. The lowest BCUT2D eigenvalue weighted by Crippen LogP contribution is -2.28. The molecule has 1 saturated heterocycles. The maximum absolute atomic E-state index is 14.2. The van der Waals surface area contributed by atoms with Crippen LogP contribution in [0.2, 0.25) is 0 Å². The summed E-state index contributed by atoms with van der Waals surface area (Å²) < 4.78 is 55.5. The lowest BCUT2D eigenvalue weighted by atomic mass is 10.2. The summed E-state index contributed by atoms with van der Waals surface area (Å²) >= 11 is 6.34. The van der Waals surface area contributed by atoms with E-state index in [1.165, 1.54) is 24.3 Å². The second kappa shape index (κ2) is 8.22. The van der Waals surface area contributed by atoms with Crippen LogP contribution < -0.4 is 4.90 Å². The number of amides is 1. The Hall–Kier alpha value is -2.91. The standard InChI is InChI=1S/C23H16F4N2OS2/c1-13-10-15(14(2)28(13)17-7-5-6-16(12-17)23(25,26)27)11-20-21(30)29(22(31)32-20)19-9-4-3-8-18(19)24/h3-12H,1-2H3. The molecule has 32 heavy (non-hydrogen) atoms. The third kappa shape index (κ3) is 3.98. The van der Waals surface area contributed by atoms with Crippen molar-refractivity contribution in [3.63, 3.8) is 0 Å². The van der Waals surface area contributed by atoms with Gasteiger partial charge in [-0.1, -0.05) is 42.2 Å². The van der Waals surface area contributed by atoms with Crippen LogP contribution in [0.1, 0.15) is 22.5 Å². The van der Waals surface area contributed by atoms with Gasteiger partial charge in [0.25, 0.3) is 5.91 Å². The van der Waals surface area contributed by atoms with Gasteiger partial charge in [-0.3, -0.25) is 9.69 Å². The van der Waals surface area contributed by atoms with E-state index in [0.717, 1.165) is 28.8 Å². The Bertz CT molecular complexity index is 1280. The quantitative estimate of drug-likeness (QED) is 0.240.